The summed E-state index contributed by atoms with van der Waals surface area (Å²) in [7, 11) is 0. The molecule has 0 spiro atoms. The molecule has 19 heavy (non-hydrogen) atoms. The van der Waals surface area contributed by atoms with Crippen molar-refractivity contribution in [1.82, 2.24) is 5.32 Å². The minimum Gasteiger partial charge on any atom is -0.356 e. The summed E-state index contributed by atoms with van der Waals surface area (Å²) in [6.07, 6.45) is 1.35. The second-order valence-electron chi connectivity index (χ2n) is 4.66. The first kappa shape index (κ1) is 15.2. The number of amides is 2. The number of hydrogen-bond acceptors (Lipinski definition) is 2. The van der Waals surface area contributed by atoms with Gasteiger partial charge in [0.15, 0.2) is 0 Å². The molecule has 104 valence electrons. The second-order valence-corrected chi connectivity index (χ2v) is 4.66. The summed E-state index contributed by atoms with van der Waals surface area (Å²) in [6.45, 7) is 6.57. The van der Waals surface area contributed by atoms with Crippen LogP contribution in [-0.4, -0.2) is 18.4 Å². The molecule has 0 aliphatic rings. The van der Waals surface area contributed by atoms with E-state index in [2.05, 4.69) is 10.6 Å². The smallest absolute Gasteiger partial charge is 0.224 e. The molecule has 0 aliphatic heterocycles. The Morgan fingerprint density at radius 1 is 1.05 bits per heavy atom. The number of aryl methyl sites for hydroxylation is 2. The Morgan fingerprint density at radius 2 is 1.63 bits per heavy atom. The van der Waals surface area contributed by atoms with Crippen LogP contribution in [0.15, 0.2) is 18.2 Å². The Morgan fingerprint density at radius 3 is 2.21 bits per heavy atom. The zero-order valence-electron chi connectivity index (χ0n) is 11.9. The lowest BCUT2D eigenvalue weighted by Crippen LogP contribution is -2.25. The highest BCUT2D eigenvalue weighted by atomic mass is 16.2. The highest BCUT2D eigenvalue weighted by Crippen LogP contribution is 2.19. The molecule has 2 amide bonds. The maximum Gasteiger partial charge on any atom is 0.224 e. The molecule has 0 bridgehead atoms. The number of rotatable bonds is 6. The van der Waals surface area contributed by atoms with Gasteiger partial charge in [-0.05, 0) is 31.4 Å². The normalized spacial score (nSPS) is 10.1. The van der Waals surface area contributed by atoms with Gasteiger partial charge >= 0.3 is 0 Å². The van der Waals surface area contributed by atoms with Gasteiger partial charge in [0, 0.05) is 25.1 Å². The first-order valence-corrected chi connectivity index (χ1v) is 6.67. The molecular formula is C15H22N2O2. The molecule has 1 rings (SSSR count). The minimum atomic E-state index is -0.121. The second kappa shape index (κ2) is 7.56. The van der Waals surface area contributed by atoms with Gasteiger partial charge in [-0.3, -0.25) is 9.59 Å². The van der Waals surface area contributed by atoms with Gasteiger partial charge in [-0.25, -0.2) is 0 Å². The van der Waals surface area contributed by atoms with Crippen molar-refractivity contribution in [1.29, 1.82) is 0 Å². The van der Waals surface area contributed by atoms with Crippen molar-refractivity contribution in [2.75, 3.05) is 11.9 Å². The zero-order valence-corrected chi connectivity index (χ0v) is 11.9. The van der Waals surface area contributed by atoms with Crippen LogP contribution in [0.3, 0.4) is 0 Å². The lowest BCUT2D eigenvalue weighted by Gasteiger charge is -2.11. The average molecular weight is 262 g/mol. The van der Waals surface area contributed by atoms with Gasteiger partial charge in [0.1, 0.15) is 0 Å². The van der Waals surface area contributed by atoms with E-state index in [9.17, 15) is 9.59 Å². The first-order chi connectivity index (χ1) is 9.04. The van der Waals surface area contributed by atoms with Gasteiger partial charge < -0.3 is 10.6 Å². The first-order valence-electron chi connectivity index (χ1n) is 6.67. The van der Waals surface area contributed by atoms with E-state index in [-0.39, 0.29) is 24.7 Å². The van der Waals surface area contributed by atoms with Crippen molar-refractivity contribution in [2.45, 2.75) is 40.0 Å². The summed E-state index contributed by atoms with van der Waals surface area (Å²) in [4.78, 5) is 23.2. The Labute approximate surface area is 114 Å². The van der Waals surface area contributed by atoms with E-state index in [1.807, 2.05) is 39.0 Å². The summed E-state index contributed by atoms with van der Waals surface area (Å²) in [6, 6.07) is 5.87. The molecule has 4 heteroatoms. The lowest BCUT2D eigenvalue weighted by atomic mass is 10.1. The maximum absolute atomic E-state index is 11.8. The number of carbonyl (C=O) groups is 2. The topological polar surface area (TPSA) is 58.2 Å². The van der Waals surface area contributed by atoms with Crippen molar-refractivity contribution in [3.8, 4) is 0 Å². The molecule has 0 saturated heterocycles. The Hall–Kier alpha value is -1.84. The minimum absolute atomic E-state index is 0.0708. The van der Waals surface area contributed by atoms with Crippen LogP contribution in [0.4, 0.5) is 5.69 Å². The summed E-state index contributed by atoms with van der Waals surface area (Å²) in [5, 5.41) is 5.63. The molecule has 0 aliphatic carbocycles. The molecule has 0 heterocycles. The zero-order chi connectivity index (χ0) is 14.3. The van der Waals surface area contributed by atoms with Crippen LogP contribution >= 0.6 is 0 Å². The average Bonchev–Trinajstić information content (AvgIpc) is 2.38. The molecule has 4 nitrogen and oxygen atoms in total. The predicted octanol–water partition coefficient (Wildman–Crippen LogP) is 2.55. The van der Waals surface area contributed by atoms with Crippen molar-refractivity contribution >= 4 is 17.5 Å². The molecule has 1 aromatic rings. The summed E-state index contributed by atoms with van der Waals surface area (Å²) < 4.78 is 0. The summed E-state index contributed by atoms with van der Waals surface area (Å²) in [5.74, 6) is -0.192. The predicted molar refractivity (Wildman–Crippen MR) is 77.1 cm³/mol. The van der Waals surface area contributed by atoms with Crippen molar-refractivity contribution in [3.63, 3.8) is 0 Å². The van der Waals surface area contributed by atoms with E-state index < -0.39 is 0 Å². The van der Waals surface area contributed by atoms with Gasteiger partial charge in [-0.1, -0.05) is 25.1 Å². The quantitative estimate of drug-likeness (QED) is 0.827. The summed E-state index contributed by atoms with van der Waals surface area (Å²) >= 11 is 0. The Kier molecular flexibility index (Phi) is 6.06. The third kappa shape index (κ3) is 5.12. The lowest BCUT2D eigenvalue weighted by molar-refractivity contribution is -0.124. The Bertz CT molecular complexity index is 435. The van der Waals surface area contributed by atoms with Gasteiger partial charge in [0.05, 0.1) is 0 Å². The molecule has 0 unspecified atom stereocenters. The van der Waals surface area contributed by atoms with Crippen molar-refractivity contribution < 1.29 is 9.59 Å². The number of benzene rings is 1. The van der Waals surface area contributed by atoms with Crippen molar-refractivity contribution in [3.05, 3.63) is 29.3 Å². The number of carbonyl (C=O) groups excluding carboxylic acids is 2. The van der Waals surface area contributed by atoms with Crippen LogP contribution in [-0.2, 0) is 9.59 Å². The highest BCUT2D eigenvalue weighted by molar-refractivity contribution is 5.94. The third-order valence-electron chi connectivity index (χ3n) is 2.90. The van der Waals surface area contributed by atoms with E-state index in [4.69, 9.17) is 0 Å². The maximum atomic E-state index is 11.8. The SMILES string of the molecule is CCCNC(=O)CCC(=O)Nc1c(C)cccc1C. The number of anilines is 1. The fourth-order valence-corrected chi connectivity index (χ4v) is 1.79. The van der Waals surface area contributed by atoms with Crippen LogP contribution in [0, 0.1) is 13.8 Å². The monoisotopic (exact) mass is 262 g/mol. The van der Waals surface area contributed by atoms with Crippen LogP contribution < -0.4 is 10.6 Å². The molecule has 0 saturated carbocycles. The van der Waals surface area contributed by atoms with Gasteiger partial charge in [-0.15, -0.1) is 0 Å². The summed E-state index contributed by atoms with van der Waals surface area (Å²) in [5.41, 5.74) is 2.91. The largest absolute Gasteiger partial charge is 0.356 e. The Balaban J connectivity index is 2.45. The number of para-hydroxylation sites is 1. The number of hydrogen-bond donors (Lipinski definition) is 2. The van der Waals surface area contributed by atoms with Crippen LogP contribution in [0.1, 0.15) is 37.3 Å². The van der Waals surface area contributed by atoms with Gasteiger partial charge in [-0.2, -0.15) is 0 Å². The third-order valence-corrected chi connectivity index (χ3v) is 2.90. The standard InChI is InChI=1S/C15H22N2O2/c1-4-10-16-13(18)8-9-14(19)17-15-11(2)6-5-7-12(15)3/h5-7H,4,8-10H2,1-3H3,(H,16,18)(H,17,19). The van der Waals surface area contributed by atoms with Gasteiger partial charge in [0.25, 0.3) is 0 Å². The highest BCUT2D eigenvalue weighted by Gasteiger charge is 2.09. The molecule has 0 radical (unpaired) electrons. The van der Waals surface area contributed by atoms with Crippen LogP contribution in [0.2, 0.25) is 0 Å². The van der Waals surface area contributed by atoms with E-state index in [1.165, 1.54) is 0 Å². The van der Waals surface area contributed by atoms with E-state index in [1.54, 1.807) is 0 Å². The van der Waals surface area contributed by atoms with E-state index >= 15 is 0 Å². The fourth-order valence-electron chi connectivity index (χ4n) is 1.79. The molecular weight excluding hydrogens is 240 g/mol. The van der Waals surface area contributed by atoms with E-state index in [0.717, 1.165) is 23.2 Å². The van der Waals surface area contributed by atoms with Gasteiger partial charge in [0.2, 0.25) is 11.8 Å². The molecule has 0 fully saturated rings. The van der Waals surface area contributed by atoms with Crippen LogP contribution in [0.25, 0.3) is 0 Å². The molecule has 0 atom stereocenters. The van der Waals surface area contributed by atoms with E-state index in [0.29, 0.717) is 6.54 Å². The fraction of sp³-hybridized carbons (Fsp3) is 0.467. The number of nitrogens with one attached hydrogen (secondary N) is 2. The molecule has 1 aromatic carbocycles. The van der Waals surface area contributed by atoms with Crippen molar-refractivity contribution in [2.24, 2.45) is 0 Å². The van der Waals surface area contributed by atoms with Crippen LogP contribution in [0.5, 0.6) is 0 Å². The molecule has 0 aromatic heterocycles. The molecule has 2 N–H and O–H groups in total.